The number of carboxylic acids is 1. The summed E-state index contributed by atoms with van der Waals surface area (Å²) < 4.78 is 1.04. The van der Waals surface area contributed by atoms with E-state index in [9.17, 15) is 4.79 Å². The molecule has 1 unspecified atom stereocenters. The highest BCUT2D eigenvalue weighted by atomic mass is 79.9. The number of benzene rings is 1. The minimum atomic E-state index is -0.921. The van der Waals surface area contributed by atoms with E-state index >= 15 is 0 Å². The zero-order valence-corrected chi connectivity index (χ0v) is 12.1. The second-order valence-electron chi connectivity index (χ2n) is 3.85. The minimum absolute atomic E-state index is 0.0554. The Morgan fingerprint density at radius 2 is 2.11 bits per heavy atom. The number of para-hydroxylation sites is 1. The van der Waals surface area contributed by atoms with E-state index in [0.29, 0.717) is 5.69 Å². The van der Waals surface area contributed by atoms with E-state index in [1.807, 2.05) is 24.4 Å². The number of halogens is 1. The van der Waals surface area contributed by atoms with Crippen LogP contribution in [-0.2, 0) is 0 Å². The van der Waals surface area contributed by atoms with E-state index in [4.69, 9.17) is 5.11 Å². The van der Waals surface area contributed by atoms with Crippen LogP contribution >= 0.6 is 27.3 Å². The predicted octanol–water partition coefficient (Wildman–Crippen LogP) is 4.38. The van der Waals surface area contributed by atoms with Crippen molar-refractivity contribution >= 4 is 38.9 Å². The molecule has 94 valence electrons. The maximum atomic E-state index is 11.1. The van der Waals surface area contributed by atoms with Crippen LogP contribution in [0.2, 0.25) is 0 Å². The topological polar surface area (TPSA) is 49.3 Å². The zero-order valence-electron chi connectivity index (χ0n) is 9.68. The van der Waals surface area contributed by atoms with Crippen LogP contribution in [0, 0.1) is 0 Å². The summed E-state index contributed by atoms with van der Waals surface area (Å²) in [5.74, 6) is -0.921. The van der Waals surface area contributed by atoms with Crippen molar-refractivity contribution in [2.75, 3.05) is 5.32 Å². The van der Waals surface area contributed by atoms with Crippen LogP contribution in [0.3, 0.4) is 0 Å². The summed E-state index contributed by atoms with van der Waals surface area (Å²) in [6, 6.07) is 8.97. The Labute approximate surface area is 118 Å². The third-order valence-electron chi connectivity index (χ3n) is 2.57. The fraction of sp³-hybridized carbons (Fsp3) is 0.154. The van der Waals surface area contributed by atoms with Crippen LogP contribution in [0.5, 0.6) is 0 Å². The summed E-state index contributed by atoms with van der Waals surface area (Å²) in [6.45, 7) is 2.01. The summed E-state index contributed by atoms with van der Waals surface area (Å²) >= 11 is 5.12. The molecule has 0 spiro atoms. The number of carbonyl (C=O) groups is 1. The smallest absolute Gasteiger partial charge is 0.337 e. The van der Waals surface area contributed by atoms with Crippen molar-refractivity contribution in [3.63, 3.8) is 0 Å². The van der Waals surface area contributed by atoms with Gasteiger partial charge in [0, 0.05) is 15.0 Å². The standard InChI is InChI=1S/C13H12BrNO2S/c1-8(12-10(14)6-7-18-12)15-11-5-3-2-4-9(11)13(16)17/h2-8,15H,1H3,(H,16,17). The minimum Gasteiger partial charge on any atom is -0.478 e. The highest BCUT2D eigenvalue weighted by molar-refractivity contribution is 9.10. The molecule has 2 aromatic rings. The molecule has 0 saturated carbocycles. The van der Waals surface area contributed by atoms with E-state index < -0.39 is 5.97 Å². The van der Waals surface area contributed by atoms with Gasteiger partial charge in [-0.25, -0.2) is 4.79 Å². The molecule has 0 aliphatic rings. The molecule has 18 heavy (non-hydrogen) atoms. The van der Waals surface area contributed by atoms with Gasteiger partial charge in [-0.2, -0.15) is 0 Å². The molecule has 0 aliphatic heterocycles. The van der Waals surface area contributed by atoms with Crippen LogP contribution < -0.4 is 5.32 Å². The summed E-state index contributed by atoms with van der Waals surface area (Å²) in [5.41, 5.74) is 0.926. The molecule has 1 aromatic carbocycles. The van der Waals surface area contributed by atoms with Gasteiger partial charge in [-0.05, 0) is 46.4 Å². The van der Waals surface area contributed by atoms with Crippen molar-refractivity contribution in [3.8, 4) is 0 Å². The van der Waals surface area contributed by atoms with Crippen LogP contribution in [0.25, 0.3) is 0 Å². The Morgan fingerprint density at radius 1 is 1.39 bits per heavy atom. The molecule has 0 fully saturated rings. The summed E-state index contributed by atoms with van der Waals surface area (Å²) in [7, 11) is 0. The zero-order chi connectivity index (χ0) is 13.1. The predicted molar refractivity (Wildman–Crippen MR) is 77.5 cm³/mol. The van der Waals surface area contributed by atoms with Gasteiger partial charge in [0.2, 0.25) is 0 Å². The molecule has 1 heterocycles. The van der Waals surface area contributed by atoms with E-state index in [0.717, 1.165) is 9.35 Å². The van der Waals surface area contributed by atoms with Crippen LogP contribution in [0.15, 0.2) is 40.2 Å². The van der Waals surface area contributed by atoms with Gasteiger partial charge in [-0.1, -0.05) is 12.1 Å². The average molecular weight is 326 g/mol. The third kappa shape index (κ3) is 2.73. The van der Waals surface area contributed by atoms with Gasteiger partial charge in [0.25, 0.3) is 0 Å². The molecule has 1 aromatic heterocycles. The number of anilines is 1. The van der Waals surface area contributed by atoms with Gasteiger partial charge in [0.05, 0.1) is 11.6 Å². The van der Waals surface area contributed by atoms with E-state index in [-0.39, 0.29) is 11.6 Å². The van der Waals surface area contributed by atoms with Gasteiger partial charge in [0.1, 0.15) is 0 Å². The molecule has 1 atom stereocenters. The highest BCUT2D eigenvalue weighted by Crippen LogP contribution is 2.31. The summed E-state index contributed by atoms with van der Waals surface area (Å²) in [4.78, 5) is 12.3. The molecule has 5 heteroatoms. The SMILES string of the molecule is CC(Nc1ccccc1C(=O)O)c1sccc1Br. The summed E-state index contributed by atoms with van der Waals surface area (Å²) in [5, 5.41) is 14.4. The molecule has 0 aliphatic carbocycles. The first kappa shape index (κ1) is 13.1. The molecular formula is C13H12BrNO2S. The molecule has 0 bridgehead atoms. The molecule has 0 amide bonds. The van der Waals surface area contributed by atoms with Crippen molar-refractivity contribution in [1.82, 2.24) is 0 Å². The lowest BCUT2D eigenvalue weighted by molar-refractivity contribution is 0.0698. The van der Waals surface area contributed by atoms with Crippen LogP contribution in [0.1, 0.15) is 28.2 Å². The van der Waals surface area contributed by atoms with E-state index in [1.54, 1.807) is 29.5 Å². The molecule has 0 radical (unpaired) electrons. The second-order valence-corrected chi connectivity index (χ2v) is 5.65. The fourth-order valence-electron chi connectivity index (χ4n) is 1.71. The van der Waals surface area contributed by atoms with Crippen molar-refractivity contribution in [2.24, 2.45) is 0 Å². The maximum Gasteiger partial charge on any atom is 0.337 e. The normalized spacial score (nSPS) is 12.1. The molecule has 3 nitrogen and oxygen atoms in total. The highest BCUT2D eigenvalue weighted by Gasteiger charge is 2.14. The first-order chi connectivity index (χ1) is 8.59. The Balaban J connectivity index is 2.25. The number of hydrogen-bond donors (Lipinski definition) is 2. The van der Waals surface area contributed by atoms with Gasteiger partial charge < -0.3 is 10.4 Å². The van der Waals surface area contributed by atoms with Crippen molar-refractivity contribution in [3.05, 3.63) is 50.6 Å². The lowest BCUT2D eigenvalue weighted by atomic mass is 10.1. The third-order valence-corrected chi connectivity index (χ3v) is 4.62. The Morgan fingerprint density at radius 3 is 2.72 bits per heavy atom. The number of nitrogens with one attached hydrogen (secondary N) is 1. The number of aromatic carboxylic acids is 1. The molecule has 0 saturated heterocycles. The van der Waals surface area contributed by atoms with Crippen molar-refractivity contribution in [1.29, 1.82) is 0 Å². The fourth-order valence-corrected chi connectivity index (χ4v) is 3.43. The number of thiophene rings is 1. The van der Waals surface area contributed by atoms with Gasteiger partial charge in [0.15, 0.2) is 0 Å². The number of rotatable bonds is 4. The van der Waals surface area contributed by atoms with Crippen molar-refractivity contribution < 1.29 is 9.90 Å². The Bertz CT molecular complexity index is 568. The van der Waals surface area contributed by atoms with E-state index in [2.05, 4.69) is 21.2 Å². The first-order valence-corrected chi connectivity index (χ1v) is 7.08. The molecule has 2 rings (SSSR count). The van der Waals surface area contributed by atoms with Crippen molar-refractivity contribution in [2.45, 2.75) is 13.0 Å². The summed E-state index contributed by atoms with van der Waals surface area (Å²) in [6.07, 6.45) is 0. The van der Waals surface area contributed by atoms with Crippen LogP contribution in [-0.4, -0.2) is 11.1 Å². The molecular weight excluding hydrogens is 314 g/mol. The van der Waals surface area contributed by atoms with E-state index in [1.165, 1.54) is 0 Å². The van der Waals surface area contributed by atoms with Gasteiger partial charge in [-0.3, -0.25) is 0 Å². The monoisotopic (exact) mass is 325 g/mol. The average Bonchev–Trinajstić information content (AvgIpc) is 2.76. The second kappa shape index (κ2) is 5.54. The molecule has 2 N–H and O–H groups in total. The van der Waals surface area contributed by atoms with Gasteiger partial charge in [-0.15, -0.1) is 11.3 Å². The number of carboxylic acid groups (broad SMARTS) is 1. The van der Waals surface area contributed by atoms with Gasteiger partial charge >= 0.3 is 5.97 Å². The van der Waals surface area contributed by atoms with Crippen LogP contribution in [0.4, 0.5) is 5.69 Å². The lowest BCUT2D eigenvalue weighted by Crippen LogP contribution is -2.09. The Kier molecular flexibility index (Phi) is 4.04. The quantitative estimate of drug-likeness (QED) is 0.876. The lowest BCUT2D eigenvalue weighted by Gasteiger charge is -2.16. The largest absolute Gasteiger partial charge is 0.478 e. The maximum absolute atomic E-state index is 11.1. The first-order valence-electron chi connectivity index (χ1n) is 5.41. The Hall–Kier alpha value is -1.33. The number of hydrogen-bond acceptors (Lipinski definition) is 3.